The van der Waals surface area contributed by atoms with Crippen molar-refractivity contribution >= 4 is 34.2 Å². The number of hydrogen-bond acceptors (Lipinski definition) is 6. The number of nitrogens with one attached hydrogen (secondary N) is 2. The first-order valence-electron chi connectivity index (χ1n) is 8.92. The minimum Gasteiger partial charge on any atom is -0.354 e. The lowest BCUT2D eigenvalue weighted by molar-refractivity contribution is -0.393. The summed E-state index contributed by atoms with van der Waals surface area (Å²) in [6.45, 7) is 0. The Morgan fingerprint density at radius 1 is 0.900 bits per heavy atom. The average molecular weight is 401 g/mol. The van der Waals surface area contributed by atoms with Crippen LogP contribution in [0, 0.1) is 20.2 Å². The first-order chi connectivity index (χ1) is 14.5. The number of aromatic amines is 1. The molecule has 3 aromatic carbocycles. The number of aromatic nitrogens is 1. The molecule has 0 fully saturated rings. The minimum absolute atomic E-state index is 0.0583. The molecular formula is C21H15N5O4. The molecule has 0 radical (unpaired) electrons. The molecule has 9 heteroatoms. The van der Waals surface area contributed by atoms with E-state index in [1.165, 1.54) is 12.1 Å². The van der Waals surface area contributed by atoms with Crippen LogP contribution in [0.5, 0.6) is 0 Å². The molecule has 0 saturated heterocycles. The van der Waals surface area contributed by atoms with Crippen LogP contribution in [0.4, 0.5) is 17.1 Å². The zero-order valence-electron chi connectivity index (χ0n) is 15.5. The highest BCUT2D eigenvalue weighted by molar-refractivity contribution is 6.06. The molecule has 9 nitrogen and oxygen atoms in total. The van der Waals surface area contributed by atoms with Crippen LogP contribution in [-0.2, 0) is 0 Å². The number of anilines is 1. The second kappa shape index (κ2) is 7.84. The summed E-state index contributed by atoms with van der Waals surface area (Å²) in [5, 5.41) is 27.3. The van der Waals surface area contributed by atoms with Gasteiger partial charge >= 0.3 is 5.69 Å². The predicted octanol–water partition coefficient (Wildman–Crippen LogP) is 5.10. The van der Waals surface area contributed by atoms with Gasteiger partial charge in [-0.15, -0.1) is 0 Å². The van der Waals surface area contributed by atoms with Crippen molar-refractivity contribution in [3.63, 3.8) is 0 Å². The van der Waals surface area contributed by atoms with Crippen LogP contribution >= 0.6 is 0 Å². The van der Waals surface area contributed by atoms with E-state index >= 15 is 0 Å². The predicted molar refractivity (Wildman–Crippen MR) is 115 cm³/mol. The Morgan fingerprint density at radius 2 is 1.63 bits per heavy atom. The highest BCUT2D eigenvalue weighted by atomic mass is 16.6. The van der Waals surface area contributed by atoms with Crippen molar-refractivity contribution in [2.75, 3.05) is 5.43 Å². The van der Waals surface area contributed by atoms with Gasteiger partial charge in [0.2, 0.25) is 0 Å². The molecule has 1 aromatic heterocycles. The summed E-state index contributed by atoms with van der Waals surface area (Å²) in [7, 11) is 0. The van der Waals surface area contributed by atoms with Gasteiger partial charge in [0, 0.05) is 22.5 Å². The van der Waals surface area contributed by atoms with Crippen molar-refractivity contribution in [3.8, 4) is 11.3 Å². The first kappa shape index (κ1) is 18.8. The molecule has 0 amide bonds. The average Bonchev–Trinajstić information content (AvgIpc) is 3.13. The molecule has 4 rings (SSSR count). The topological polar surface area (TPSA) is 126 Å². The first-order valence-corrected chi connectivity index (χ1v) is 8.92. The summed E-state index contributed by atoms with van der Waals surface area (Å²) >= 11 is 0. The van der Waals surface area contributed by atoms with E-state index in [4.69, 9.17) is 0 Å². The van der Waals surface area contributed by atoms with Gasteiger partial charge < -0.3 is 4.98 Å². The summed E-state index contributed by atoms with van der Waals surface area (Å²) in [4.78, 5) is 24.2. The zero-order chi connectivity index (χ0) is 21.1. The minimum atomic E-state index is -0.689. The number of para-hydroxylation sites is 1. The highest BCUT2D eigenvalue weighted by Crippen LogP contribution is 2.30. The monoisotopic (exact) mass is 401 g/mol. The number of H-pyrrole nitrogens is 1. The largest absolute Gasteiger partial charge is 0.354 e. The van der Waals surface area contributed by atoms with Crippen molar-refractivity contribution in [2.45, 2.75) is 0 Å². The van der Waals surface area contributed by atoms with Gasteiger partial charge in [-0.1, -0.05) is 48.5 Å². The molecule has 0 saturated carbocycles. The van der Waals surface area contributed by atoms with E-state index in [0.717, 1.165) is 33.8 Å². The SMILES string of the molecule is O=[N+]([O-])c1ccc(N/N=C\c2c(-c3ccccc3)[nH]c3ccccc23)c([N+](=O)[O-])c1. The number of non-ortho nitro benzene ring substituents is 1. The van der Waals surface area contributed by atoms with Gasteiger partial charge in [0.25, 0.3) is 5.69 Å². The van der Waals surface area contributed by atoms with Gasteiger partial charge in [-0.25, -0.2) is 0 Å². The van der Waals surface area contributed by atoms with Crippen LogP contribution in [0.25, 0.3) is 22.2 Å². The lowest BCUT2D eigenvalue weighted by atomic mass is 10.1. The highest BCUT2D eigenvalue weighted by Gasteiger charge is 2.19. The third-order valence-corrected chi connectivity index (χ3v) is 4.58. The number of hydrogen-bond donors (Lipinski definition) is 2. The summed E-state index contributed by atoms with van der Waals surface area (Å²) in [6.07, 6.45) is 1.58. The van der Waals surface area contributed by atoms with Crippen LogP contribution in [0.3, 0.4) is 0 Å². The fourth-order valence-electron chi connectivity index (χ4n) is 3.18. The van der Waals surface area contributed by atoms with Gasteiger partial charge in [-0.3, -0.25) is 25.7 Å². The van der Waals surface area contributed by atoms with Crippen LogP contribution in [-0.4, -0.2) is 21.0 Å². The lowest BCUT2D eigenvalue weighted by Gasteiger charge is -2.03. The molecule has 0 aliphatic rings. The van der Waals surface area contributed by atoms with Gasteiger partial charge in [0.05, 0.1) is 27.8 Å². The quantitative estimate of drug-likeness (QED) is 0.264. The molecular weight excluding hydrogens is 386 g/mol. The van der Waals surface area contributed by atoms with Crippen LogP contribution < -0.4 is 5.43 Å². The molecule has 0 atom stereocenters. The standard InChI is InChI=1S/C21H15N5O4/c27-25(28)15-10-11-19(20(12-15)26(29)30)24-22-13-17-16-8-4-5-9-18(16)23-21(17)14-6-2-1-3-7-14/h1-13,23-24H/b22-13-. The Morgan fingerprint density at radius 3 is 2.37 bits per heavy atom. The molecule has 148 valence electrons. The number of benzene rings is 3. The van der Waals surface area contributed by atoms with Crippen molar-refractivity contribution < 1.29 is 9.85 Å². The number of fused-ring (bicyclic) bond motifs is 1. The molecule has 2 N–H and O–H groups in total. The Bertz CT molecular complexity index is 1280. The maximum Gasteiger partial charge on any atom is 0.301 e. The van der Waals surface area contributed by atoms with E-state index in [-0.39, 0.29) is 11.4 Å². The van der Waals surface area contributed by atoms with Crippen molar-refractivity contribution in [3.05, 3.63) is 98.6 Å². The molecule has 0 aliphatic heterocycles. The number of nitrogens with zero attached hydrogens (tertiary/aromatic N) is 3. The van der Waals surface area contributed by atoms with Crippen LogP contribution in [0.2, 0.25) is 0 Å². The summed E-state index contributed by atoms with van der Waals surface area (Å²) in [5.74, 6) is 0. The number of nitro groups is 2. The zero-order valence-corrected chi connectivity index (χ0v) is 15.5. The van der Waals surface area contributed by atoms with Gasteiger partial charge in [-0.2, -0.15) is 5.10 Å². The lowest BCUT2D eigenvalue weighted by Crippen LogP contribution is -1.99. The van der Waals surface area contributed by atoms with Crippen LogP contribution in [0.15, 0.2) is 77.9 Å². The Hall–Kier alpha value is -4.53. The van der Waals surface area contributed by atoms with Crippen molar-refractivity contribution in [1.29, 1.82) is 0 Å². The van der Waals surface area contributed by atoms with Crippen molar-refractivity contribution in [1.82, 2.24) is 4.98 Å². The van der Waals surface area contributed by atoms with E-state index in [9.17, 15) is 20.2 Å². The number of nitro benzene ring substituents is 2. The molecule has 0 spiro atoms. The molecule has 1 heterocycles. The molecule has 0 bridgehead atoms. The Kier molecular flexibility index (Phi) is 4.92. The van der Waals surface area contributed by atoms with Crippen molar-refractivity contribution in [2.24, 2.45) is 5.10 Å². The maximum atomic E-state index is 11.3. The molecule has 0 aliphatic carbocycles. The third-order valence-electron chi connectivity index (χ3n) is 4.58. The van der Waals surface area contributed by atoms with Gasteiger partial charge in [0.15, 0.2) is 0 Å². The maximum absolute atomic E-state index is 11.3. The normalized spacial score (nSPS) is 11.1. The van der Waals surface area contributed by atoms with Crippen LogP contribution in [0.1, 0.15) is 5.56 Å². The summed E-state index contributed by atoms with van der Waals surface area (Å²) in [5.41, 5.74) is 5.48. The second-order valence-electron chi connectivity index (χ2n) is 6.41. The molecule has 0 unspecified atom stereocenters. The number of rotatable bonds is 6. The number of hydrazone groups is 1. The fraction of sp³-hybridized carbons (Fsp3) is 0. The molecule has 4 aromatic rings. The van der Waals surface area contributed by atoms with E-state index in [2.05, 4.69) is 15.5 Å². The smallest absolute Gasteiger partial charge is 0.301 e. The Labute approximate surface area is 170 Å². The van der Waals surface area contributed by atoms with E-state index < -0.39 is 15.5 Å². The summed E-state index contributed by atoms with van der Waals surface area (Å²) < 4.78 is 0. The fourth-order valence-corrected chi connectivity index (χ4v) is 3.18. The van der Waals surface area contributed by atoms with E-state index in [0.29, 0.717) is 0 Å². The summed E-state index contributed by atoms with van der Waals surface area (Å²) in [6, 6.07) is 20.8. The third kappa shape index (κ3) is 3.59. The van der Waals surface area contributed by atoms with E-state index in [1.54, 1.807) is 6.21 Å². The molecule has 30 heavy (non-hydrogen) atoms. The Balaban J connectivity index is 1.72. The van der Waals surface area contributed by atoms with Gasteiger partial charge in [0.1, 0.15) is 5.69 Å². The van der Waals surface area contributed by atoms with E-state index in [1.807, 2.05) is 54.6 Å². The second-order valence-corrected chi connectivity index (χ2v) is 6.41. The van der Waals surface area contributed by atoms with Gasteiger partial charge in [-0.05, 0) is 17.7 Å².